The van der Waals surface area contributed by atoms with Gasteiger partial charge in [0.15, 0.2) is 0 Å². The number of thiazole rings is 1. The maximum Gasteiger partial charge on any atom is 0.128 e. The van der Waals surface area contributed by atoms with Gasteiger partial charge in [-0.3, -0.25) is 0 Å². The third-order valence-corrected chi connectivity index (χ3v) is 5.01. The highest BCUT2D eigenvalue weighted by Crippen LogP contribution is 2.23. The van der Waals surface area contributed by atoms with Gasteiger partial charge >= 0.3 is 0 Å². The van der Waals surface area contributed by atoms with Gasteiger partial charge in [0.2, 0.25) is 0 Å². The van der Waals surface area contributed by atoms with Gasteiger partial charge < -0.3 is 9.80 Å². The minimum Gasteiger partial charge on any atom is -0.356 e. The van der Waals surface area contributed by atoms with E-state index in [1.54, 1.807) is 11.3 Å². The van der Waals surface area contributed by atoms with E-state index in [-0.39, 0.29) is 0 Å². The van der Waals surface area contributed by atoms with Gasteiger partial charge in [0.1, 0.15) is 5.82 Å². The van der Waals surface area contributed by atoms with Gasteiger partial charge in [0, 0.05) is 37.3 Å². The molecule has 5 heteroatoms. The number of aryl methyl sites for hydroxylation is 1. The Morgan fingerprint density at radius 1 is 1.38 bits per heavy atom. The van der Waals surface area contributed by atoms with Gasteiger partial charge in [-0.1, -0.05) is 6.07 Å². The second-order valence-corrected chi connectivity index (χ2v) is 6.79. The van der Waals surface area contributed by atoms with E-state index >= 15 is 0 Å². The van der Waals surface area contributed by atoms with Crippen LogP contribution in [0.5, 0.6) is 0 Å². The molecule has 1 fully saturated rings. The fourth-order valence-corrected chi connectivity index (χ4v) is 3.82. The molecule has 3 heterocycles. The van der Waals surface area contributed by atoms with Crippen molar-refractivity contribution >= 4 is 17.2 Å². The monoisotopic (exact) mass is 302 g/mol. The molecule has 2 aromatic heterocycles. The molecule has 3 rings (SSSR count). The maximum absolute atomic E-state index is 4.45. The van der Waals surface area contributed by atoms with Crippen LogP contribution in [0.3, 0.4) is 0 Å². The molecular formula is C16H22N4S. The molecule has 4 nitrogen and oxygen atoms in total. The maximum atomic E-state index is 4.45. The molecule has 1 aliphatic rings. The van der Waals surface area contributed by atoms with Crippen molar-refractivity contribution in [3.8, 4) is 0 Å². The highest BCUT2D eigenvalue weighted by Gasteiger charge is 2.24. The zero-order chi connectivity index (χ0) is 14.7. The fourth-order valence-electron chi connectivity index (χ4n) is 2.96. The van der Waals surface area contributed by atoms with Crippen molar-refractivity contribution in [3.05, 3.63) is 40.5 Å². The van der Waals surface area contributed by atoms with Crippen molar-refractivity contribution in [2.45, 2.75) is 19.9 Å². The average Bonchev–Trinajstić information content (AvgIpc) is 3.10. The van der Waals surface area contributed by atoms with E-state index in [1.165, 1.54) is 17.0 Å². The molecule has 0 saturated carbocycles. The van der Waals surface area contributed by atoms with Crippen LogP contribution in [0, 0.1) is 12.8 Å². The largest absolute Gasteiger partial charge is 0.356 e. The van der Waals surface area contributed by atoms with Crippen molar-refractivity contribution in [1.82, 2.24) is 14.9 Å². The van der Waals surface area contributed by atoms with Gasteiger partial charge in [-0.15, -0.1) is 11.3 Å². The molecule has 1 aliphatic heterocycles. The Hall–Kier alpha value is -1.46. The van der Waals surface area contributed by atoms with Gasteiger partial charge in [-0.05, 0) is 38.4 Å². The zero-order valence-corrected chi connectivity index (χ0v) is 13.5. The molecule has 0 aromatic carbocycles. The fraction of sp³-hybridized carbons (Fsp3) is 0.500. The predicted molar refractivity (Wildman–Crippen MR) is 87.7 cm³/mol. The summed E-state index contributed by atoms with van der Waals surface area (Å²) in [5.41, 5.74) is 3.12. The SMILES string of the molecule is Cc1ncsc1CN(C)C[C@H]1CCN(c2ccccn2)C1. The molecule has 2 aromatic rings. The van der Waals surface area contributed by atoms with Gasteiger partial charge in [0.05, 0.1) is 11.2 Å². The Balaban J connectivity index is 1.52. The number of anilines is 1. The molecule has 0 spiro atoms. The van der Waals surface area contributed by atoms with Crippen LogP contribution in [0.2, 0.25) is 0 Å². The Kier molecular flexibility index (Phi) is 4.51. The summed E-state index contributed by atoms with van der Waals surface area (Å²) < 4.78 is 0. The van der Waals surface area contributed by atoms with Crippen molar-refractivity contribution in [3.63, 3.8) is 0 Å². The summed E-state index contributed by atoms with van der Waals surface area (Å²) in [5, 5.41) is 0. The van der Waals surface area contributed by atoms with Gasteiger partial charge in [0.25, 0.3) is 0 Å². The Bertz CT molecular complexity index is 569. The number of rotatable bonds is 5. The van der Waals surface area contributed by atoms with E-state index in [2.05, 4.69) is 45.9 Å². The predicted octanol–water partition coefficient (Wildman–Crippen LogP) is 2.80. The average molecular weight is 302 g/mol. The lowest BCUT2D eigenvalue weighted by molar-refractivity contribution is 0.281. The smallest absolute Gasteiger partial charge is 0.128 e. The molecule has 0 unspecified atom stereocenters. The third kappa shape index (κ3) is 3.60. The highest BCUT2D eigenvalue weighted by molar-refractivity contribution is 7.09. The Morgan fingerprint density at radius 3 is 3.00 bits per heavy atom. The highest BCUT2D eigenvalue weighted by atomic mass is 32.1. The van der Waals surface area contributed by atoms with Crippen LogP contribution >= 0.6 is 11.3 Å². The summed E-state index contributed by atoms with van der Waals surface area (Å²) >= 11 is 1.76. The first-order valence-electron chi connectivity index (χ1n) is 7.46. The lowest BCUT2D eigenvalue weighted by Crippen LogP contribution is -2.28. The summed E-state index contributed by atoms with van der Waals surface area (Å²) in [7, 11) is 2.21. The summed E-state index contributed by atoms with van der Waals surface area (Å²) in [6, 6.07) is 6.14. The molecule has 1 atom stereocenters. The van der Waals surface area contributed by atoms with Crippen molar-refractivity contribution in [1.29, 1.82) is 0 Å². The van der Waals surface area contributed by atoms with Crippen LogP contribution in [-0.4, -0.2) is 41.5 Å². The molecule has 0 N–H and O–H groups in total. The number of hydrogen-bond acceptors (Lipinski definition) is 5. The molecule has 0 radical (unpaired) electrons. The van der Waals surface area contributed by atoms with E-state index in [1.807, 2.05) is 17.8 Å². The molecule has 0 bridgehead atoms. The molecule has 1 saturated heterocycles. The van der Waals surface area contributed by atoms with Crippen LogP contribution in [0.15, 0.2) is 29.9 Å². The van der Waals surface area contributed by atoms with E-state index in [9.17, 15) is 0 Å². The van der Waals surface area contributed by atoms with E-state index in [0.29, 0.717) is 0 Å². The van der Waals surface area contributed by atoms with Crippen LogP contribution in [0.1, 0.15) is 17.0 Å². The topological polar surface area (TPSA) is 32.3 Å². The minimum absolute atomic E-state index is 0.727. The molecule has 21 heavy (non-hydrogen) atoms. The number of hydrogen-bond donors (Lipinski definition) is 0. The number of nitrogens with zero attached hydrogens (tertiary/aromatic N) is 4. The molecular weight excluding hydrogens is 280 g/mol. The van der Waals surface area contributed by atoms with E-state index in [0.717, 1.165) is 37.9 Å². The minimum atomic E-state index is 0.727. The molecule has 0 aliphatic carbocycles. The second-order valence-electron chi connectivity index (χ2n) is 5.85. The Labute approximate surface area is 130 Å². The standard InChI is InChI=1S/C16H22N4S/c1-13-15(21-12-18-13)11-19(2)9-14-6-8-20(10-14)16-5-3-4-7-17-16/h3-5,7,12,14H,6,8-11H2,1-2H3/t14-/m1/s1. The summed E-state index contributed by atoms with van der Waals surface area (Å²) in [6.45, 7) is 6.48. The van der Waals surface area contributed by atoms with E-state index in [4.69, 9.17) is 0 Å². The zero-order valence-electron chi connectivity index (χ0n) is 12.7. The van der Waals surface area contributed by atoms with Crippen LogP contribution in [0.25, 0.3) is 0 Å². The summed E-state index contributed by atoms with van der Waals surface area (Å²) in [5.74, 6) is 1.84. The Morgan fingerprint density at radius 2 is 2.29 bits per heavy atom. The van der Waals surface area contributed by atoms with Crippen molar-refractivity contribution < 1.29 is 0 Å². The number of pyridine rings is 1. The summed E-state index contributed by atoms with van der Waals surface area (Å²) in [4.78, 5) is 15.0. The quantitative estimate of drug-likeness (QED) is 0.850. The lowest BCUT2D eigenvalue weighted by atomic mass is 10.1. The number of aromatic nitrogens is 2. The molecule has 112 valence electrons. The van der Waals surface area contributed by atoms with Crippen molar-refractivity contribution in [2.75, 3.05) is 31.6 Å². The first-order valence-corrected chi connectivity index (χ1v) is 8.34. The summed E-state index contributed by atoms with van der Waals surface area (Å²) in [6.07, 6.45) is 3.13. The van der Waals surface area contributed by atoms with Gasteiger partial charge in [-0.2, -0.15) is 0 Å². The van der Waals surface area contributed by atoms with E-state index < -0.39 is 0 Å². The second kappa shape index (κ2) is 6.54. The lowest BCUT2D eigenvalue weighted by Gasteiger charge is -2.21. The normalized spacial score (nSPS) is 18.6. The first-order chi connectivity index (χ1) is 10.2. The van der Waals surface area contributed by atoms with Crippen molar-refractivity contribution in [2.24, 2.45) is 5.92 Å². The third-order valence-electron chi connectivity index (χ3n) is 4.09. The van der Waals surface area contributed by atoms with Crippen LogP contribution in [0.4, 0.5) is 5.82 Å². The van der Waals surface area contributed by atoms with Crippen LogP contribution in [-0.2, 0) is 6.54 Å². The first kappa shape index (κ1) is 14.5. The van der Waals surface area contributed by atoms with Gasteiger partial charge in [-0.25, -0.2) is 9.97 Å². The molecule has 0 amide bonds. The van der Waals surface area contributed by atoms with Crippen LogP contribution < -0.4 is 4.90 Å².